The van der Waals surface area contributed by atoms with Gasteiger partial charge in [0.25, 0.3) is 0 Å². The van der Waals surface area contributed by atoms with Gasteiger partial charge in [-0.3, -0.25) is 0 Å². The number of hydrogen-bond donors (Lipinski definition) is 0. The summed E-state index contributed by atoms with van der Waals surface area (Å²) < 4.78 is 11.0. The van der Waals surface area contributed by atoms with Crippen LogP contribution in [0.2, 0.25) is 0 Å². The van der Waals surface area contributed by atoms with Crippen LogP contribution in [0.1, 0.15) is 73.5 Å². The lowest BCUT2D eigenvalue weighted by Gasteiger charge is -2.18. The molecule has 0 bridgehead atoms. The molecule has 0 aliphatic rings. The topological polar surface area (TPSA) is 52.6 Å². The molecule has 1 atom stereocenters. The Morgan fingerprint density at radius 3 is 2.25 bits per heavy atom. The predicted octanol–water partition coefficient (Wildman–Crippen LogP) is 5.66. The van der Waals surface area contributed by atoms with Crippen LogP contribution in [-0.2, 0) is 20.7 Å². The van der Waals surface area contributed by atoms with Gasteiger partial charge in [-0.1, -0.05) is 81.6 Å². The van der Waals surface area contributed by atoms with E-state index in [2.05, 4.69) is 13.8 Å². The van der Waals surface area contributed by atoms with Gasteiger partial charge in [0.15, 0.2) is 0 Å². The van der Waals surface area contributed by atoms with E-state index in [0.717, 1.165) is 44.1 Å². The lowest BCUT2D eigenvalue weighted by molar-refractivity contribution is -0.154. The molecule has 0 spiro atoms. The minimum Gasteiger partial charge on any atom is -0.463 e. The molecular formula is C24H30O4. The van der Waals surface area contributed by atoms with Crippen molar-refractivity contribution < 1.29 is 19.1 Å². The van der Waals surface area contributed by atoms with Crippen molar-refractivity contribution in [2.45, 2.75) is 58.5 Å². The van der Waals surface area contributed by atoms with Gasteiger partial charge >= 0.3 is 11.9 Å². The third kappa shape index (κ3) is 6.52. The molecule has 2 aromatic rings. The molecule has 4 nitrogen and oxygen atoms in total. The third-order valence-corrected chi connectivity index (χ3v) is 4.57. The van der Waals surface area contributed by atoms with E-state index in [-0.39, 0.29) is 0 Å². The third-order valence-electron chi connectivity index (χ3n) is 4.57. The molecule has 0 aliphatic carbocycles. The number of aryl methyl sites for hydroxylation is 1. The average molecular weight is 383 g/mol. The summed E-state index contributed by atoms with van der Waals surface area (Å²) in [5.74, 6) is -1.02. The molecule has 4 heteroatoms. The van der Waals surface area contributed by atoms with E-state index in [9.17, 15) is 9.59 Å². The molecule has 2 rings (SSSR count). The Morgan fingerprint density at radius 2 is 1.54 bits per heavy atom. The maximum absolute atomic E-state index is 12.9. The molecule has 150 valence electrons. The van der Waals surface area contributed by atoms with E-state index in [1.807, 2.05) is 36.4 Å². The summed E-state index contributed by atoms with van der Waals surface area (Å²) in [4.78, 5) is 25.5. The van der Waals surface area contributed by atoms with E-state index in [1.54, 1.807) is 18.2 Å². The summed E-state index contributed by atoms with van der Waals surface area (Å²) in [5, 5.41) is 0. The van der Waals surface area contributed by atoms with Crippen LogP contribution in [0.25, 0.3) is 0 Å². The normalized spacial score (nSPS) is 11.6. The fraction of sp³-hybridized carbons (Fsp3) is 0.417. The van der Waals surface area contributed by atoms with Crippen LogP contribution in [0, 0.1) is 0 Å². The van der Waals surface area contributed by atoms with Gasteiger partial charge in [0.2, 0.25) is 6.10 Å². The van der Waals surface area contributed by atoms with E-state index < -0.39 is 18.0 Å². The molecule has 2 aromatic carbocycles. The number of hydrogen-bond acceptors (Lipinski definition) is 4. The fourth-order valence-corrected chi connectivity index (χ4v) is 2.96. The van der Waals surface area contributed by atoms with Crippen molar-refractivity contribution in [2.75, 3.05) is 6.61 Å². The zero-order valence-corrected chi connectivity index (χ0v) is 16.9. The van der Waals surface area contributed by atoms with Crippen molar-refractivity contribution >= 4 is 11.9 Å². The number of ether oxygens (including phenoxy) is 2. The molecule has 0 fully saturated rings. The first-order valence-electron chi connectivity index (χ1n) is 10.2. The van der Waals surface area contributed by atoms with Gasteiger partial charge in [-0.05, 0) is 30.9 Å². The van der Waals surface area contributed by atoms with Gasteiger partial charge < -0.3 is 9.47 Å². The van der Waals surface area contributed by atoms with Crippen molar-refractivity contribution in [2.24, 2.45) is 0 Å². The molecule has 0 amide bonds. The molecule has 0 aliphatic heterocycles. The minimum atomic E-state index is -1.06. The molecule has 28 heavy (non-hydrogen) atoms. The Balaban J connectivity index is 2.16. The van der Waals surface area contributed by atoms with Crippen molar-refractivity contribution in [3.05, 3.63) is 71.3 Å². The number of carbonyl (C=O) groups is 2. The summed E-state index contributed by atoms with van der Waals surface area (Å²) in [5.41, 5.74) is 2.07. The van der Waals surface area contributed by atoms with Gasteiger partial charge in [-0.15, -0.1) is 0 Å². The van der Waals surface area contributed by atoms with Crippen molar-refractivity contribution in [3.8, 4) is 0 Å². The highest BCUT2D eigenvalue weighted by Gasteiger charge is 2.27. The monoisotopic (exact) mass is 382 g/mol. The van der Waals surface area contributed by atoms with Crippen LogP contribution in [0.3, 0.4) is 0 Å². The second-order valence-corrected chi connectivity index (χ2v) is 6.83. The standard InChI is InChI=1S/C24H30O4/c1-3-5-12-18-27-24(26)22(20-15-8-7-9-16-20)28-23(25)21-17-11-10-14-19(21)13-6-4-2/h7-11,14-17,22H,3-6,12-13,18H2,1-2H3. The molecule has 1 unspecified atom stereocenters. The molecule has 0 saturated heterocycles. The highest BCUT2D eigenvalue weighted by atomic mass is 16.6. The first-order chi connectivity index (χ1) is 13.7. The number of benzene rings is 2. The van der Waals surface area contributed by atoms with E-state index in [1.165, 1.54) is 0 Å². The first kappa shape index (κ1) is 21.7. The number of esters is 2. The smallest absolute Gasteiger partial charge is 0.352 e. The largest absolute Gasteiger partial charge is 0.463 e. The van der Waals surface area contributed by atoms with Crippen molar-refractivity contribution in [1.82, 2.24) is 0 Å². The minimum absolute atomic E-state index is 0.334. The van der Waals surface area contributed by atoms with Crippen LogP contribution in [0.5, 0.6) is 0 Å². The first-order valence-corrected chi connectivity index (χ1v) is 10.2. The number of carbonyl (C=O) groups excluding carboxylic acids is 2. The zero-order valence-electron chi connectivity index (χ0n) is 16.9. The van der Waals surface area contributed by atoms with Gasteiger partial charge in [-0.25, -0.2) is 9.59 Å². The SMILES string of the molecule is CCCCCOC(=O)C(OC(=O)c1ccccc1CCCC)c1ccccc1. The summed E-state index contributed by atoms with van der Waals surface area (Å²) in [6.45, 7) is 4.54. The lowest BCUT2D eigenvalue weighted by atomic mass is 10.0. The summed E-state index contributed by atoms with van der Waals surface area (Å²) in [7, 11) is 0. The summed E-state index contributed by atoms with van der Waals surface area (Å²) in [6.07, 6.45) is 4.62. The summed E-state index contributed by atoms with van der Waals surface area (Å²) >= 11 is 0. The van der Waals surface area contributed by atoms with E-state index >= 15 is 0 Å². The maximum atomic E-state index is 12.9. The van der Waals surface area contributed by atoms with Crippen LogP contribution < -0.4 is 0 Å². The fourth-order valence-electron chi connectivity index (χ4n) is 2.96. The van der Waals surface area contributed by atoms with Gasteiger partial charge in [0.05, 0.1) is 12.2 Å². The Morgan fingerprint density at radius 1 is 0.857 bits per heavy atom. The van der Waals surface area contributed by atoms with Gasteiger partial charge in [-0.2, -0.15) is 0 Å². The van der Waals surface area contributed by atoms with E-state index in [4.69, 9.17) is 9.47 Å². The number of rotatable bonds is 11. The van der Waals surface area contributed by atoms with E-state index in [0.29, 0.717) is 17.7 Å². The Hall–Kier alpha value is -2.62. The molecular weight excluding hydrogens is 352 g/mol. The molecule has 0 saturated carbocycles. The molecule has 0 N–H and O–H groups in total. The maximum Gasteiger partial charge on any atom is 0.352 e. The van der Waals surface area contributed by atoms with Crippen LogP contribution >= 0.6 is 0 Å². The van der Waals surface area contributed by atoms with Crippen molar-refractivity contribution in [3.63, 3.8) is 0 Å². The zero-order chi connectivity index (χ0) is 20.2. The van der Waals surface area contributed by atoms with Crippen molar-refractivity contribution in [1.29, 1.82) is 0 Å². The summed E-state index contributed by atoms with van der Waals surface area (Å²) in [6, 6.07) is 16.4. The van der Waals surface area contributed by atoms with Crippen LogP contribution in [0.15, 0.2) is 54.6 Å². The van der Waals surface area contributed by atoms with Crippen LogP contribution in [-0.4, -0.2) is 18.5 Å². The predicted molar refractivity (Wildman–Crippen MR) is 110 cm³/mol. The quantitative estimate of drug-likeness (QED) is 0.372. The van der Waals surface area contributed by atoms with Gasteiger partial charge in [0.1, 0.15) is 0 Å². The Kier molecular flexibility index (Phi) is 9.26. The second-order valence-electron chi connectivity index (χ2n) is 6.83. The highest BCUT2D eigenvalue weighted by Crippen LogP contribution is 2.23. The highest BCUT2D eigenvalue weighted by molar-refractivity contribution is 5.93. The Labute approximate surface area is 167 Å². The van der Waals surface area contributed by atoms with Gasteiger partial charge in [0, 0.05) is 5.56 Å². The molecule has 0 heterocycles. The number of unbranched alkanes of at least 4 members (excludes halogenated alkanes) is 3. The van der Waals surface area contributed by atoms with Crippen LogP contribution in [0.4, 0.5) is 0 Å². The lowest BCUT2D eigenvalue weighted by Crippen LogP contribution is -2.23. The second kappa shape index (κ2) is 12.0. The Bertz CT molecular complexity index is 739. The molecule has 0 radical (unpaired) electrons. The molecule has 0 aromatic heterocycles. The average Bonchev–Trinajstić information content (AvgIpc) is 2.74.